The van der Waals surface area contributed by atoms with Crippen molar-refractivity contribution in [2.45, 2.75) is 38.2 Å². The molecule has 2 rings (SSSR count). The lowest BCUT2D eigenvalue weighted by molar-refractivity contribution is 0.0750. The molecule has 0 saturated carbocycles. The third-order valence-electron chi connectivity index (χ3n) is 2.53. The van der Waals surface area contributed by atoms with Gasteiger partial charge in [0.05, 0.1) is 10.6 Å². The number of rotatable bonds is 2. The van der Waals surface area contributed by atoms with Crippen molar-refractivity contribution in [3.8, 4) is 0 Å². The number of aliphatic hydroxyl groups is 1. The van der Waals surface area contributed by atoms with E-state index in [-0.39, 0.29) is 0 Å². The Morgan fingerprint density at radius 3 is 3.07 bits per heavy atom. The van der Waals surface area contributed by atoms with Gasteiger partial charge >= 0.3 is 0 Å². The predicted octanol–water partition coefficient (Wildman–Crippen LogP) is 2.47. The first-order valence-electron chi connectivity index (χ1n) is 4.99. The maximum absolute atomic E-state index is 10.2. The van der Waals surface area contributed by atoms with E-state index >= 15 is 0 Å². The van der Waals surface area contributed by atoms with Crippen LogP contribution in [0.15, 0.2) is 17.5 Å². The molecule has 0 saturated heterocycles. The van der Waals surface area contributed by atoms with Crippen molar-refractivity contribution >= 4 is 11.3 Å². The Morgan fingerprint density at radius 2 is 2.50 bits per heavy atom. The minimum absolute atomic E-state index is 0.636. The first-order valence-corrected chi connectivity index (χ1v) is 5.87. The van der Waals surface area contributed by atoms with E-state index < -0.39 is 5.60 Å². The monoisotopic (exact) mass is 209 g/mol. The quantitative estimate of drug-likeness (QED) is 0.759. The topological polar surface area (TPSA) is 33.1 Å². The zero-order valence-corrected chi connectivity index (χ0v) is 9.18. The second kappa shape index (κ2) is 3.83. The minimum atomic E-state index is -0.636. The SMILES string of the molecule is Cc1csc(CC2(O)C=CCCC2)n1. The highest BCUT2D eigenvalue weighted by Gasteiger charge is 2.26. The summed E-state index contributed by atoms with van der Waals surface area (Å²) < 4.78 is 0. The van der Waals surface area contributed by atoms with Gasteiger partial charge < -0.3 is 5.11 Å². The van der Waals surface area contributed by atoms with Gasteiger partial charge in [0.25, 0.3) is 0 Å². The van der Waals surface area contributed by atoms with E-state index in [0.29, 0.717) is 6.42 Å². The molecule has 1 atom stereocenters. The molecule has 0 aliphatic heterocycles. The molecule has 0 bridgehead atoms. The summed E-state index contributed by atoms with van der Waals surface area (Å²) in [5.41, 5.74) is 0.413. The van der Waals surface area contributed by atoms with Crippen LogP contribution in [0.3, 0.4) is 0 Å². The Morgan fingerprint density at radius 1 is 1.64 bits per heavy atom. The van der Waals surface area contributed by atoms with Crippen molar-refractivity contribution in [2.75, 3.05) is 0 Å². The Labute approximate surface area is 88.3 Å². The molecule has 2 nitrogen and oxygen atoms in total. The summed E-state index contributed by atoms with van der Waals surface area (Å²) in [4.78, 5) is 4.37. The summed E-state index contributed by atoms with van der Waals surface area (Å²) in [5.74, 6) is 0. The highest BCUT2D eigenvalue weighted by atomic mass is 32.1. The predicted molar refractivity (Wildman–Crippen MR) is 58.5 cm³/mol. The molecule has 1 aliphatic carbocycles. The molecule has 0 amide bonds. The number of aryl methyl sites for hydroxylation is 1. The van der Waals surface area contributed by atoms with Gasteiger partial charge in [-0.1, -0.05) is 12.2 Å². The maximum Gasteiger partial charge on any atom is 0.0960 e. The standard InChI is InChI=1S/C11H15NOS/c1-9-8-14-10(12-9)7-11(13)5-3-2-4-6-11/h3,5,8,13H,2,4,6-7H2,1H3. The summed E-state index contributed by atoms with van der Waals surface area (Å²) in [6, 6.07) is 0. The largest absolute Gasteiger partial charge is 0.385 e. The van der Waals surface area contributed by atoms with E-state index in [0.717, 1.165) is 30.0 Å². The van der Waals surface area contributed by atoms with E-state index in [1.165, 1.54) is 0 Å². The molecule has 0 aromatic carbocycles. The van der Waals surface area contributed by atoms with Crippen molar-refractivity contribution in [3.63, 3.8) is 0 Å². The zero-order chi connectivity index (χ0) is 10.0. The summed E-state index contributed by atoms with van der Waals surface area (Å²) in [5, 5.41) is 13.3. The van der Waals surface area contributed by atoms with Gasteiger partial charge in [0.1, 0.15) is 0 Å². The van der Waals surface area contributed by atoms with Gasteiger partial charge in [0.2, 0.25) is 0 Å². The summed E-state index contributed by atoms with van der Waals surface area (Å²) in [6.07, 6.45) is 7.72. The van der Waals surface area contributed by atoms with Crippen LogP contribution in [-0.2, 0) is 6.42 Å². The molecular weight excluding hydrogens is 194 g/mol. The van der Waals surface area contributed by atoms with Crippen LogP contribution in [0.2, 0.25) is 0 Å². The van der Waals surface area contributed by atoms with Crippen molar-refractivity contribution in [1.29, 1.82) is 0 Å². The van der Waals surface area contributed by atoms with Gasteiger partial charge in [-0.3, -0.25) is 0 Å². The molecule has 1 aliphatic rings. The average Bonchev–Trinajstić information content (AvgIpc) is 2.51. The Balaban J connectivity index is 2.09. The number of hydrogen-bond donors (Lipinski definition) is 1. The van der Waals surface area contributed by atoms with Gasteiger partial charge in [0.15, 0.2) is 0 Å². The van der Waals surface area contributed by atoms with Crippen LogP contribution in [0.5, 0.6) is 0 Å². The molecule has 0 radical (unpaired) electrons. The molecule has 1 aromatic rings. The van der Waals surface area contributed by atoms with Crippen LogP contribution in [0, 0.1) is 6.92 Å². The zero-order valence-electron chi connectivity index (χ0n) is 8.36. The van der Waals surface area contributed by atoms with Crippen LogP contribution in [0.25, 0.3) is 0 Å². The molecular formula is C11H15NOS. The van der Waals surface area contributed by atoms with Crippen LogP contribution in [-0.4, -0.2) is 15.7 Å². The van der Waals surface area contributed by atoms with Crippen molar-refractivity contribution in [1.82, 2.24) is 4.98 Å². The number of thiazole rings is 1. The summed E-state index contributed by atoms with van der Waals surface area (Å²) >= 11 is 1.64. The molecule has 14 heavy (non-hydrogen) atoms. The van der Waals surface area contributed by atoms with E-state index in [2.05, 4.69) is 11.1 Å². The third kappa shape index (κ3) is 2.22. The van der Waals surface area contributed by atoms with Crippen LogP contribution < -0.4 is 0 Å². The molecule has 0 spiro atoms. The first-order chi connectivity index (χ1) is 6.68. The molecule has 76 valence electrons. The van der Waals surface area contributed by atoms with E-state index in [1.54, 1.807) is 11.3 Å². The van der Waals surface area contributed by atoms with Gasteiger partial charge in [-0.05, 0) is 26.2 Å². The number of hydrogen-bond acceptors (Lipinski definition) is 3. The first kappa shape index (κ1) is 9.87. The van der Waals surface area contributed by atoms with E-state index in [4.69, 9.17) is 0 Å². The lowest BCUT2D eigenvalue weighted by atomic mass is 9.88. The Hall–Kier alpha value is -0.670. The Bertz CT molecular complexity index is 345. The molecule has 1 unspecified atom stereocenters. The van der Waals surface area contributed by atoms with Gasteiger partial charge in [-0.15, -0.1) is 11.3 Å². The lowest BCUT2D eigenvalue weighted by Crippen LogP contribution is -2.30. The number of allylic oxidation sites excluding steroid dienone is 1. The van der Waals surface area contributed by atoms with Crippen LogP contribution in [0.1, 0.15) is 30.0 Å². The Kier molecular flexibility index (Phi) is 2.70. The fourth-order valence-electron chi connectivity index (χ4n) is 1.81. The molecule has 3 heteroatoms. The van der Waals surface area contributed by atoms with Crippen LogP contribution >= 0.6 is 11.3 Å². The summed E-state index contributed by atoms with van der Waals surface area (Å²) in [6.45, 7) is 1.99. The molecule has 0 fully saturated rings. The molecule has 1 heterocycles. The minimum Gasteiger partial charge on any atom is -0.385 e. The fourth-order valence-corrected chi connectivity index (χ4v) is 2.69. The van der Waals surface area contributed by atoms with Gasteiger partial charge in [-0.2, -0.15) is 0 Å². The second-order valence-electron chi connectivity index (χ2n) is 3.96. The summed E-state index contributed by atoms with van der Waals surface area (Å²) in [7, 11) is 0. The molecule has 1 N–H and O–H groups in total. The fraction of sp³-hybridized carbons (Fsp3) is 0.545. The van der Waals surface area contributed by atoms with Crippen LogP contribution in [0.4, 0.5) is 0 Å². The van der Waals surface area contributed by atoms with Gasteiger partial charge in [-0.25, -0.2) is 4.98 Å². The third-order valence-corrected chi connectivity index (χ3v) is 3.50. The number of aromatic nitrogens is 1. The van der Waals surface area contributed by atoms with Gasteiger partial charge in [0, 0.05) is 17.5 Å². The average molecular weight is 209 g/mol. The van der Waals surface area contributed by atoms with E-state index in [9.17, 15) is 5.11 Å². The highest BCUT2D eigenvalue weighted by Crippen LogP contribution is 2.27. The highest BCUT2D eigenvalue weighted by molar-refractivity contribution is 7.09. The normalized spacial score (nSPS) is 26.7. The molecule has 1 aromatic heterocycles. The van der Waals surface area contributed by atoms with E-state index in [1.807, 2.05) is 18.4 Å². The second-order valence-corrected chi connectivity index (χ2v) is 4.90. The number of nitrogens with zero attached hydrogens (tertiary/aromatic N) is 1. The van der Waals surface area contributed by atoms with Crippen molar-refractivity contribution < 1.29 is 5.11 Å². The lowest BCUT2D eigenvalue weighted by Gasteiger charge is -2.26. The van der Waals surface area contributed by atoms with Crippen molar-refractivity contribution in [2.24, 2.45) is 0 Å². The maximum atomic E-state index is 10.2. The van der Waals surface area contributed by atoms with Crippen molar-refractivity contribution in [3.05, 3.63) is 28.2 Å². The smallest absolute Gasteiger partial charge is 0.0960 e.